The molecule has 3 heterocycles. The zero-order valence-corrected chi connectivity index (χ0v) is 23.3. The highest BCUT2D eigenvalue weighted by Crippen LogP contribution is 2.42. The lowest BCUT2D eigenvalue weighted by Crippen LogP contribution is -2.32. The van der Waals surface area contributed by atoms with E-state index in [0.29, 0.717) is 21.7 Å². The summed E-state index contributed by atoms with van der Waals surface area (Å²) >= 11 is 18.8. The molecule has 0 saturated carbocycles. The number of nitrogens with one attached hydrogen (secondary N) is 2. The minimum atomic E-state index is -0.190. The van der Waals surface area contributed by atoms with E-state index in [0.717, 1.165) is 34.0 Å². The highest BCUT2D eigenvalue weighted by Gasteiger charge is 2.41. The van der Waals surface area contributed by atoms with Gasteiger partial charge in [-0.3, -0.25) is 9.78 Å². The maximum Gasteiger partial charge on any atom is 0.226 e. The first-order chi connectivity index (χ1) is 18.3. The molecular formula is C29H27Cl2N5OS. The van der Waals surface area contributed by atoms with Gasteiger partial charge in [0, 0.05) is 36.2 Å². The third-order valence-electron chi connectivity index (χ3n) is 6.80. The number of anilines is 1. The summed E-state index contributed by atoms with van der Waals surface area (Å²) in [6.07, 6.45) is 2.06. The maximum atomic E-state index is 12.8. The Kier molecular flexibility index (Phi) is 7.70. The molecule has 0 radical (unpaired) electrons. The highest BCUT2D eigenvalue weighted by atomic mass is 35.5. The van der Waals surface area contributed by atoms with Crippen LogP contribution in [0, 0.1) is 13.8 Å². The number of halogens is 2. The van der Waals surface area contributed by atoms with Gasteiger partial charge in [0.15, 0.2) is 5.11 Å². The first-order valence-electron chi connectivity index (χ1n) is 12.3. The van der Waals surface area contributed by atoms with Crippen molar-refractivity contribution < 1.29 is 4.79 Å². The Morgan fingerprint density at radius 3 is 2.55 bits per heavy atom. The summed E-state index contributed by atoms with van der Waals surface area (Å²) < 4.78 is 2.11. The fourth-order valence-corrected chi connectivity index (χ4v) is 5.79. The second-order valence-electron chi connectivity index (χ2n) is 9.22. The molecule has 1 aliphatic rings. The second kappa shape index (κ2) is 11.2. The molecule has 0 aliphatic carbocycles. The van der Waals surface area contributed by atoms with Crippen molar-refractivity contribution in [2.24, 2.45) is 0 Å². The molecule has 6 nitrogen and oxygen atoms in total. The van der Waals surface area contributed by atoms with Gasteiger partial charge in [0.2, 0.25) is 5.91 Å². The van der Waals surface area contributed by atoms with Crippen molar-refractivity contribution in [2.75, 3.05) is 11.9 Å². The lowest BCUT2D eigenvalue weighted by atomic mass is 9.96. The number of pyridine rings is 1. The molecular weight excluding hydrogens is 537 g/mol. The van der Waals surface area contributed by atoms with E-state index in [9.17, 15) is 4.79 Å². The average Bonchev–Trinajstić information content (AvgIpc) is 3.40. The lowest BCUT2D eigenvalue weighted by Gasteiger charge is -2.28. The van der Waals surface area contributed by atoms with E-state index in [1.54, 1.807) is 12.3 Å². The van der Waals surface area contributed by atoms with E-state index >= 15 is 0 Å². The van der Waals surface area contributed by atoms with Crippen molar-refractivity contribution in [2.45, 2.75) is 32.4 Å². The molecule has 0 spiro atoms. The van der Waals surface area contributed by atoms with Crippen molar-refractivity contribution in [3.8, 4) is 5.69 Å². The van der Waals surface area contributed by atoms with Crippen molar-refractivity contribution in [1.29, 1.82) is 0 Å². The standard InChI is InChI=1S/C29H27Cl2N5OS/c1-18-17-21(19(2)36(18)24-13-8-11-22(30)26(24)31)28-27(23-12-6-7-15-32-23)34-29(38)35(28)16-14-25(37)33-20-9-4-3-5-10-20/h3-13,15,17,27-28H,14,16H2,1-2H3,(H,33,37)(H,34,38)/t27-,28-/m0/s1. The predicted octanol–water partition coefficient (Wildman–Crippen LogP) is 6.80. The Morgan fingerprint density at radius 2 is 1.82 bits per heavy atom. The highest BCUT2D eigenvalue weighted by molar-refractivity contribution is 7.80. The van der Waals surface area contributed by atoms with E-state index in [1.807, 2.05) is 67.6 Å². The van der Waals surface area contributed by atoms with Gasteiger partial charge in [-0.1, -0.05) is 53.5 Å². The summed E-state index contributed by atoms with van der Waals surface area (Å²) in [6, 6.07) is 22.7. The number of benzene rings is 2. The van der Waals surface area contributed by atoms with E-state index in [4.69, 9.17) is 35.4 Å². The van der Waals surface area contributed by atoms with Gasteiger partial charge in [0.05, 0.1) is 33.5 Å². The van der Waals surface area contributed by atoms with Crippen LogP contribution in [0.25, 0.3) is 5.69 Å². The van der Waals surface area contributed by atoms with Crippen LogP contribution < -0.4 is 10.6 Å². The second-order valence-corrected chi connectivity index (χ2v) is 10.4. The molecule has 1 amide bonds. The average molecular weight is 565 g/mol. The van der Waals surface area contributed by atoms with E-state index in [-0.39, 0.29) is 24.4 Å². The van der Waals surface area contributed by atoms with Gasteiger partial charge in [-0.15, -0.1) is 0 Å². The van der Waals surface area contributed by atoms with Crippen molar-refractivity contribution in [1.82, 2.24) is 19.8 Å². The van der Waals surface area contributed by atoms with Crippen LogP contribution in [0.3, 0.4) is 0 Å². The number of amides is 1. The molecule has 2 aromatic carbocycles. The van der Waals surface area contributed by atoms with Crippen LogP contribution in [0.5, 0.6) is 0 Å². The monoisotopic (exact) mass is 563 g/mol. The van der Waals surface area contributed by atoms with Crippen LogP contribution in [-0.2, 0) is 4.79 Å². The number of para-hydroxylation sites is 1. The van der Waals surface area contributed by atoms with Crippen LogP contribution in [0.4, 0.5) is 5.69 Å². The number of hydrogen-bond acceptors (Lipinski definition) is 3. The Balaban J connectivity index is 1.50. The number of nitrogens with zero attached hydrogens (tertiary/aromatic N) is 3. The summed E-state index contributed by atoms with van der Waals surface area (Å²) in [7, 11) is 0. The van der Waals surface area contributed by atoms with Crippen LogP contribution in [0.1, 0.15) is 41.1 Å². The predicted molar refractivity (Wildman–Crippen MR) is 157 cm³/mol. The number of hydrogen-bond donors (Lipinski definition) is 2. The molecule has 2 aromatic heterocycles. The van der Waals surface area contributed by atoms with Gasteiger partial charge in [-0.25, -0.2) is 0 Å². The van der Waals surface area contributed by atoms with E-state index in [1.165, 1.54) is 0 Å². The van der Waals surface area contributed by atoms with Crippen molar-refractivity contribution >= 4 is 52.1 Å². The summed E-state index contributed by atoms with van der Waals surface area (Å²) in [4.78, 5) is 19.5. The molecule has 1 aliphatic heterocycles. The minimum absolute atomic E-state index is 0.0739. The number of carbonyl (C=O) groups excluding carboxylic acids is 1. The largest absolute Gasteiger partial charge is 0.352 e. The number of carbonyl (C=O) groups is 1. The fourth-order valence-electron chi connectivity index (χ4n) is 5.07. The third-order valence-corrected chi connectivity index (χ3v) is 7.96. The maximum absolute atomic E-state index is 12.8. The van der Waals surface area contributed by atoms with Gasteiger partial charge in [0.1, 0.15) is 0 Å². The van der Waals surface area contributed by atoms with Crippen LogP contribution in [0.15, 0.2) is 79.0 Å². The number of rotatable bonds is 7. The van der Waals surface area contributed by atoms with Gasteiger partial charge in [0.25, 0.3) is 0 Å². The molecule has 0 bridgehead atoms. The summed E-state index contributed by atoms with van der Waals surface area (Å²) in [5, 5.41) is 8.01. The SMILES string of the molecule is Cc1cc([C@H]2[C@H](c3ccccn3)NC(=S)N2CCC(=O)Nc2ccccc2)c(C)n1-c1cccc(Cl)c1Cl. The Bertz CT molecular complexity index is 1480. The third kappa shape index (κ3) is 5.14. The van der Waals surface area contributed by atoms with Crippen molar-refractivity contribution in [3.63, 3.8) is 0 Å². The number of thiocarbonyl (C=S) groups is 1. The minimum Gasteiger partial charge on any atom is -0.352 e. The van der Waals surface area contributed by atoms with E-state index < -0.39 is 0 Å². The number of aryl methyl sites for hydroxylation is 1. The molecule has 1 saturated heterocycles. The first kappa shape index (κ1) is 26.2. The Labute approximate surface area is 237 Å². The lowest BCUT2D eigenvalue weighted by molar-refractivity contribution is -0.116. The Morgan fingerprint density at radius 1 is 1.05 bits per heavy atom. The summed E-state index contributed by atoms with van der Waals surface area (Å²) in [5.74, 6) is -0.0739. The van der Waals surface area contributed by atoms with Crippen LogP contribution in [-0.4, -0.2) is 32.0 Å². The first-order valence-corrected chi connectivity index (χ1v) is 13.5. The molecule has 5 rings (SSSR count). The molecule has 0 unspecified atom stereocenters. The van der Waals surface area contributed by atoms with Gasteiger partial charge < -0.3 is 20.1 Å². The van der Waals surface area contributed by atoms with Crippen LogP contribution in [0.2, 0.25) is 10.0 Å². The van der Waals surface area contributed by atoms with E-state index in [2.05, 4.69) is 38.1 Å². The zero-order chi connectivity index (χ0) is 26.8. The summed E-state index contributed by atoms with van der Waals surface area (Å²) in [5.41, 5.74) is 5.57. The smallest absolute Gasteiger partial charge is 0.226 e. The molecule has 38 heavy (non-hydrogen) atoms. The van der Waals surface area contributed by atoms with Gasteiger partial charge in [-0.05, 0) is 74.1 Å². The molecule has 1 fully saturated rings. The molecule has 2 atom stereocenters. The Hall–Kier alpha value is -3.39. The van der Waals surface area contributed by atoms with Crippen LogP contribution >= 0.6 is 35.4 Å². The molecule has 9 heteroatoms. The topological polar surface area (TPSA) is 62.2 Å². The number of aromatic nitrogens is 2. The van der Waals surface area contributed by atoms with Gasteiger partial charge >= 0.3 is 0 Å². The van der Waals surface area contributed by atoms with Crippen molar-refractivity contribution in [3.05, 3.63) is 112 Å². The summed E-state index contributed by atoms with van der Waals surface area (Å²) in [6.45, 7) is 4.55. The normalized spacial score (nSPS) is 16.9. The molecule has 194 valence electrons. The fraction of sp³-hybridized carbons (Fsp3) is 0.207. The molecule has 2 N–H and O–H groups in total. The van der Waals surface area contributed by atoms with Gasteiger partial charge in [-0.2, -0.15) is 0 Å². The molecule has 4 aromatic rings. The zero-order valence-electron chi connectivity index (χ0n) is 21.0. The quantitative estimate of drug-likeness (QED) is 0.242.